The molecule has 1 heterocycles. The van der Waals surface area contributed by atoms with E-state index < -0.39 is 12.4 Å². The van der Waals surface area contributed by atoms with E-state index in [2.05, 4.69) is 0 Å². The molecule has 13 heavy (non-hydrogen) atoms. The monoisotopic (exact) mass is 192 g/mol. The van der Waals surface area contributed by atoms with Gasteiger partial charge in [-0.25, -0.2) is 0 Å². The molecular formula is C8H16O5. The lowest BCUT2D eigenvalue weighted by Crippen LogP contribution is -2.55. The van der Waals surface area contributed by atoms with Crippen molar-refractivity contribution in [3.63, 3.8) is 0 Å². The molecule has 0 aromatic heterocycles. The zero-order valence-corrected chi connectivity index (χ0v) is 8.10. The summed E-state index contributed by atoms with van der Waals surface area (Å²) in [7, 11) is 4.63. The quantitative estimate of drug-likeness (QED) is 0.646. The van der Waals surface area contributed by atoms with Crippen LogP contribution in [0, 0.1) is 0 Å². The molecular weight excluding hydrogens is 176 g/mol. The Balaban J connectivity index is 2.64. The second-order valence-corrected chi connectivity index (χ2v) is 2.90. The fraction of sp³-hybridized carbons (Fsp3) is 1.00. The van der Waals surface area contributed by atoms with Crippen LogP contribution in [0.25, 0.3) is 0 Å². The van der Waals surface area contributed by atoms with Gasteiger partial charge < -0.3 is 24.1 Å². The highest BCUT2D eigenvalue weighted by Gasteiger charge is 2.40. The van der Waals surface area contributed by atoms with Crippen molar-refractivity contribution < 1.29 is 24.1 Å². The van der Waals surface area contributed by atoms with Gasteiger partial charge in [0.1, 0.15) is 18.3 Å². The van der Waals surface area contributed by atoms with Gasteiger partial charge in [-0.2, -0.15) is 0 Å². The molecule has 0 amide bonds. The van der Waals surface area contributed by atoms with Gasteiger partial charge in [-0.05, 0) is 0 Å². The number of hydrogen-bond acceptors (Lipinski definition) is 5. The van der Waals surface area contributed by atoms with Gasteiger partial charge in [-0.1, -0.05) is 0 Å². The summed E-state index contributed by atoms with van der Waals surface area (Å²) in [6.07, 6.45) is -1.93. The van der Waals surface area contributed by atoms with Crippen LogP contribution >= 0.6 is 0 Å². The summed E-state index contributed by atoms with van der Waals surface area (Å²) in [5.41, 5.74) is 0. The molecule has 0 spiro atoms. The maximum atomic E-state index is 9.40. The van der Waals surface area contributed by atoms with Gasteiger partial charge in [0.25, 0.3) is 0 Å². The standard InChI is InChI=1S/C8H16O5/c1-10-5-4-13-8(9)7(12-3)6(5)11-2/h5-9H,4H2,1-3H3/t5-,6+,7-,8+/m1/s1. The van der Waals surface area contributed by atoms with Crippen LogP contribution < -0.4 is 0 Å². The fourth-order valence-corrected chi connectivity index (χ4v) is 1.50. The van der Waals surface area contributed by atoms with E-state index in [4.69, 9.17) is 18.9 Å². The van der Waals surface area contributed by atoms with Crippen LogP contribution in [0.1, 0.15) is 0 Å². The minimum Gasteiger partial charge on any atom is -0.376 e. The summed E-state index contributed by atoms with van der Waals surface area (Å²) in [4.78, 5) is 0. The van der Waals surface area contributed by atoms with Gasteiger partial charge in [-0.3, -0.25) is 0 Å². The SMILES string of the molecule is CO[C@@H]1[C@@H](OC)[C@H](OC)CO[C@@H]1O. The van der Waals surface area contributed by atoms with Crippen molar-refractivity contribution in [1.82, 2.24) is 0 Å². The molecule has 0 aromatic carbocycles. The second kappa shape index (κ2) is 4.88. The minimum atomic E-state index is -0.943. The van der Waals surface area contributed by atoms with Gasteiger partial charge >= 0.3 is 0 Å². The molecule has 1 aliphatic rings. The lowest BCUT2D eigenvalue weighted by atomic mass is 10.1. The molecule has 0 aromatic rings. The van der Waals surface area contributed by atoms with Gasteiger partial charge in [0.15, 0.2) is 6.29 Å². The molecule has 5 heteroatoms. The summed E-state index contributed by atoms with van der Waals surface area (Å²) in [5.74, 6) is 0. The first-order valence-electron chi connectivity index (χ1n) is 4.12. The van der Waals surface area contributed by atoms with E-state index >= 15 is 0 Å². The smallest absolute Gasteiger partial charge is 0.183 e. The molecule has 1 rings (SSSR count). The van der Waals surface area contributed by atoms with Crippen molar-refractivity contribution in [3.05, 3.63) is 0 Å². The van der Waals surface area contributed by atoms with E-state index in [1.807, 2.05) is 0 Å². The predicted molar refractivity (Wildman–Crippen MR) is 44.3 cm³/mol. The second-order valence-electron chi connectivity index (χ2n) is 2.90. The molecule has 5 nitrogen and oxygen atoms in total. The Kier molecular flexibility index (Phi) is 4.08. The topological polar surface area (TPSA) is 57.2 Å². The maximum absolute atomic E-state index is 9.40. The third-order valence-electron chi connectivity index (χ3n) is 2.25. The molecule has 0 aliphatic carbocycles. The Morgan fingerprint density at radius 2 is 1.69 bits per heavy atom. The van der Waals surface area contributed by atoms with Crippen LogP contribution in [-0.2, 0) is 18.9 Å². The van der Waals surface area contributed by atoms with Crippen molar-refractivity contribution in [1.29, 1.82) is 0 Å². The van der Waals surface area contributed by atoms with E-state index in [9.17, 15) is 5.11 Å². The number of methoxy groups -OCH3 is 3. The van der Waals surface area contributed by atoms with E-state index in [0.717, 1.165) is 0 Å². The molecule has 0 bridgehead atoms. The van der Waals surface area contributed by atoms with Gasteiger partial charge in [0.2, 0.25) is 0 Å². The third-order valence-corrected chi connectivity index (χ3v) is 2.25. The van der Waals surface area contributed by atoms with Gasteiger partial charge in [-0.15, -0.1) is 0 Å². The first-order valence-corrected chi connectivity index (χ1v) is 4.12. The van der Waals surface area contributed by atoms with E-state index in [1.54, 1.807) is 14.2 Å². The first kappa shape index (κ1) is 10.9. The van der Waals surface area contributed by atoms with Gasteiger partial charge in [0.05, 0.1) is 6.61 Å². The highest BCUT2D eigenvalue weighted by molar-refractivity contribution is 4.85. The molecule has 1 saturated heterocycles. The van der Waals surface area contributed by atoms with E-state index in [0.29, 0.717) is 6.61 Å². The number of aliphatic hydroxyl groups excluding tert-OH is 1. The summed E-state index contributed by atoms with van der Waals surface area (Å²) < 4.78 is 20.4. The number of aliphatic hydroxyl groups is 1. The van der Waals surface area contributed by atoms with Crippen LogP contribution in [0.2, 0.25) is 0 Å². The predicted octanol–water partition coefficient (Wildman–Crippen LogP) is -0.620. The van der Waals surface area contributed by atoms with E-state index in [1.165, 1.54) is 7.11 Å². The summed E-state index contributed by atoms with van der Waals surface area (Å²) in [6, 6.07) is 0. The molecule has 1 aliphatic heterocycles. The molecule has 0 radical (unpaired) electrons. The average Bonchev–Trinajstić information content (AvgIpc) is 2.17. The Morgan fingerprint density at radius 3 is 2.15 bits per heavy atom. The van der Waals surface area contributed by atoms with Crippen LogP contribution in [-0.4, -0.2) is 57.6 Å². The third kappa shape index (κ3) is 2.18. The van der Waals surface area contributed by atoms with Crippen molar-refractivity contribution in [2.45, 2.75) is 24.6 Å². The molecule has 0 unspecified atom stereocenters. The number of rotatable bonds is 3. The van der Waals surface area contributed by atoms with Crippen molar-refractivity contribution in [2.75, 3.05) is 27.9 Å². The Hall–Kier alpha value is -0.200. The summed E-state index contributed by atoms with van der Waals surface area (Å²) in [5, 5.41) is 9.40. The van der Waals surface area contributed by atoms with Crippen molar-refractivity contribution >= 4 is 0 Å². The lowest BCUT2D eigenvalue weighted by Gasteiger charge is -2.38. The van der Waals surface area contributed by atoms with Crippen LogP contribution in [0.3, 0.4) is 0 Å². The fourth-order valence-electron chi connectivity index (χ4n) is 1.50. The zero-order valence-electron chi connectivity index (χ0n) is 8.10. The first-order chi connectivity index (χ1) is 6.24. The Bertz CT molecular complexity index is 151. The number of ether oxygens (including phenoxy) is 4. The summed E-state index contributed by atoms with van der Waals surface area (Å²) in [6.45, 7) is 0.316. The van der Waals surface area contributed by atoms with E-state index in [-0.39, 0.29) is 12.2 Å². The van der Waals surface area contributed by atoms with Crippen LogP contribution in [0.5, 0.6) is 0 Å². The summed E-state index contributed by atoms with van der Waals surface area (Å²) >= 11 is 0. The largest absolute Gasteiger partial charge is 0.376 e. The zero-order chi connectivity index (χ0) is 9.84. The Labute approximate surface area is 77.5 Å². The van der Waals surface area contributed by atoms with Crippen molar-refractivity contribution in [3.8, 4) is 0 Å². The lowest BCUT2D eigenvalue weighted by molar-refractivity contribution is -0.267. The molecule has 1 N–H and O–H groups in total. The average molecular weight is 192 g/mol. The van der Waals surface area contributed by atoms with Crippen molar-refractivity contribution in [2.24, 2.45) is 0 Å². The van der Waals surface area contributed by atoms with Crippen LogP contribution in [0.15, 0.2) is 0 Å². The number of hydrogen-bond donors (Lipinski definition) is 1. The highest BCUT2D eigenvalue weighted by atomic mass is 16.7. The molecule has 78 valence electrons. The molecule has 4 atom stereocenters. The maximum Gasteiger partial charge on any atom is 0.183 e. The van der Waals surface area contributed by atoms with Crippen LogP contribution in [0.4, 0.5) is 0 Å². The Morgan fingerprint density at radius 1 is 1.08 bits per heavy atom. The normalized spacial score (nSPS) is 40.6. The highest BCUT2D eigenvalue weighted by Crippen LogP contribution is 2.20. The minimum absolute atomic E-state index is 0.196. The molecule has 0 saturated carbocycles. The molecule has 1 fully saturated rings. The van der Waals surface area contributed by atoms with Gasteiger partial charge in [0, 0.05) is 21.3 Å².